The van der Waals surface area contributed by atoms with Crippen LogP contribution >= 0.6 is 0 Å². The van der Waals surface area contributed by atoms with E-state index in [1.807, 2.05) is 59.9 Å². The molecule has 0 bridgehead atoms. The number of nitrogens with zero attached hydrogens (tertiary/aromatic N) is 5. The molecule has 2 aliphatic heterocycles. The van der Waals surface area contributed by atoms with Gasteiger partial charge in [0.05, 0.1) is 11.1 Å². The standard InChI is InChI=1S/C31H36F3N5O/c1-36(2)23-11-17-38(18-12-23)27-9-7-21(19-25(27)31(32,33)34)22-8-10-29-35-26-5-4-6-28(30(26)39(29)20-22)40-24-13-15-37(3)16-14-24/h4-10,19-20,23-24H,11-18H2,1-3H3. The minimum absolute atomic E-state index is 0.125. The lowest BCUT2D eigenvalue weighted by Gasteiger charge is -2.37. The summed E-state index contributed by atoms with van der Waals surface area (Å²) in [6.45, 7) is 3.20. The number of alkyl halides is 3. The minimum atomic E-state index is -4.45. The fourth-order valence-electron chi connectivity index (χ4n) is 6.12. The first-order chi connectivity index (χ1) is 19.2. The normalized spacial score (nSPS) is 18.3. The van der Waals surface area contributed by atoms with Crippen molar-refractivity contribution in [3.63, 3.8) is 0 Å². The van der Waals surface area contributed by atoms with Gasteiger partial charge in [0.2, 0.25) is 0 Å². The van der Waals surface area contributed by atoms with Crippen LogP contribution in [0.2, 0.25) is 0 Å². The van der Waals surface area contributed by atoms with Gasteiger partial charge in [-0.3, -0.25) is 4.40 Å². The molecule has 2 aliphatic rings. The largest absolute Gasteiger partial charge is 0.488 e. The molecule has 4 aromatic rings. The van der Waals surface area contributed by atoms with Gasteiger partial charge in [0, 0.05) is 44.1 Å². The molecule has 2 fully saturated rings. The van der Waals surface area contributed by atoms with Crippen LogP contribution in [0.5, 0.6) is 5.75 Å². The van der Waals surface area contributed by atoms with Crippen LogP contribution in [0.3, 0.4) is 0 Å². The third-order valence-electron chi connectivity index (χ3n) is 8.51. The molecule has 0 saturated carbocycles. The van der Waals surface area contributed by atoms with E-state index in [2.05, 4.69) is 16.8 Å². The number of likely N-dealkylation sites (tertiary alicyclic amines) is 1. The number of aromatic nitrogens is 2. The molecule has 0 radical (unpaired) electrons. The van der Waals surface area contributed by atoms with Crippen LogP contribution in [0.4, 0.5) is 18.9 Å². The first-order valence-electron chi connectivity index (χ1n) is 14.1. The molecule has 6 rings (SSSR count). The van der Waals surface area contributed by atoms with Crippen molar-refractivity contribution in [1.29, 1.82) is 0 Å². The van der Waals surface area contributed by atoms with E-state index in [4.69, 9.17) is 9.72 Å². The number of para-hydroxylation sites is 1. The third-order valence-corrected chi connectivity index (χ3v) is 8.51. The number of hydrogen-bond donors (Lipinski definition) is 0. The van der Waals surface area contributed by atoms with E-state index in [0.29, 0.717) is 30.3 Å². The summed E-state index contributed by atoms with van der Waals surface area (Å²) in [6, 6.07) is 14.7. The quantitative estimate of drug-likeness (QED) is 0.296. The van der Waals surface area contributed by atoms with E-state index in [1.165, 1.54) is 6.07 Å². The summed E-state index contributed by atoms with van der Waals surface area (Å²) in [5.74, 6) is 0.754. The average Bonchev–Trinajstić information content (AvgIpc) is 3.32. The van der Waals surface area contributed by atoms with Gasteiger partial charge < -0.3 is 19.4 Å². The zero-order valence-corrected chi connectivity index (χ0v) is 23.3. The summed E-state index contributed by atoms with van der Waals surface area (Å²) in [7, 11) is 6.17. The summed E-state index contributed by atoms with van der Waals surface area (Å²) in [6.07, 6.45) is 1.15. The topological polar surface area (TPSA) is 36.2 Å². The Hall–Kier alpha value is -3.30. The molecule has 0 amide bonds. The molecule has 4 heterocycles. The predicted molar refractivity (Wildman–Crippen MR) is 153 cm³/mol. The van der Waals surface area contributed by atoms with Gasteiger partial charge >= 0.3 is 6.18 Å². The fourth-order valence-corrected chi connectivity index (χ4v) is 6.12. The molecule has 0 N–H and O–H groups in total. The molecule has 40 heavy (non-hydrogen) atoms. The number of halogens is 3. The highest BCUT2D eigenvalue weighted by Gasteiger charge is 2.36. The average molecular weight is 552 g/mol. The number of hydrogen-bond acceptors (Lipinski definition) is 5. The summed E-state index contributed by atoms with van der Waals surface area (Å²) in [5.41, 5.74) is 3.27. The Kier molecular flexibility index (Phi) is 7.12. The molecule has 0 unspecified atom stereocenters. The summed E-state index contributed by atoms with van der Waals surface area (Å²) < 4.78 is 51.4. The van der Waals surface area contributed by atoms with Crippen molar-refractivity contribution in [2.24, 2.45) is 0 Å². The number of anilines is 1. The molecule has 0 spiro atoms. The first-order valence-corrected chi connectivity index (χ1v) is 14.1. The number of fused-ring (bicyclic) bond motifs is 3. The van der Waals surface area contributed by atoms with Crippen molar-refractivity contribution >= 4 is 22.4 Å². The number of imidazole rings is 1. The number of piperidine rings is 2. The van der Waals surface area contributed by atoms with E-state index in [-0.39, 0.29) is 11.8 Å². The van der Waals surface area contributed by atoms with Gasteiger partial charge in [-0.05, 0) is 94.4 Å². The van der Waals surface area contributed by atoms with Crippen molar-refractivity contribution in [1.82, 2.24) is 19.2 Å². The minimum Gasteiger partial charge on any atom is -0.488 e. The number of pyridine rings is 1. The second-order valence-electron chi connectivity index (χ2n) is 11.4. The number of ether oxygens (including phenoxy) is 1. The van der Waals surface area contributed by atoms with Crippen molar-refractivity contribution in [3.05, 3.63) is 60.3 Å². The van der Waals surface area contributed by atoms with Gasteiger partial charge in [-0.15, -0.1) is 0 Å². The lowest BCUT2D eigenvalue weighted by Crippen LogP contribution is -2.42. The Morgan fingerprint density at radius 1 is 0.900 bits per heavy atom. The molecule has 2 aromatic carbocycles. The van der Waals surface area contributed by atoms with Gasteiger partial charge in [-0.1, -0.05) is 12.1 Å². The van der Waals surface area contributed by atoms with Gasteiger partial charge in [0.25, 0.3) is 0 Å². The second-order valence-corrected chi connectivity index (χ2v) is 11.4. The van der Waals surface area contributed by atoms with Crippen LogP contribution in [0.1, 0.15) is 31.2 Å². The highest BCUT2D eigenvalue weighted by Crippen LogP contribution is 2.40. The maximum atomic E-state index is 14.3. The van der Waals surface area contributed by atoms with Crippen LogP contribution in [0.15, 0.2) is 54.7 Å². The summed E-state index contributed by atoms with van der Waals surface area (Å²) >= 11 is 0. The third kappa shape index (κ3) is 5.24. The Bertz CT molecular complexity index is 1500. The van der Waals surface area contributed by atoms with Gasteiger partial charge in [-0.2, -0.15) is 13.2 Å². The Morgan fingerprint density at radius 2 is 1.62 bits per heavy atom. The van der Waals surface area contributed by atoms with E-state index in [9.17, 15) is 13.2 Å². The van der Waals surface area contributed by atoms with Crippen LogP contribution in [0, 0.1) is 0 Å². The number of rotatable bonds is 5. The van der Waals surface area contributed by atoms with Crippen LogP contribution in [-0.2, 0) is 6.18 Å². The molecule has 6 nitrogen and oxygen atoms in total. The van der Waals surface area contributed by atoms with Crippen LogP contribution in [0.25, 0.3) is 27.8 Å². The Morgan fingerprint density at radius 3 is 2.33 bits per heavy atom. The Balaban J connectivity index is 1.35. The highest BCUT2D eigenvalue weighted by molar-refractivity contribution is 5.87. The monoisotopic (exact) mass is 551 g/mol. The van der Waals surface area contributed by atoms with Crippen LogP contribution in [-0.4, -0.2) is 78.7 Å². The maximum Gasteiger partial charge on any atom is 0.418 e. The van der Waals surface area contributed by atoms with E-state index in [0.717, 1.165) is 61.2 Å². The van der Waals surface area contributed by atoms with Crippen molar-refractivity contribution in [3.8, 4) is 16.9 Å². The molecule has 2 saturated heterocycles. The Labute approximate surface area is 232 Å². The predicted octanol–water partition coefficient (Wildman–Crippen LogP) is 6.18. The van der Waals surface area contributed by atoms with E-state index >= 15 is 0 Å². The zero-order chi connectivity index (χ0) is 28.0. The molecule has 9 heteroatoms. The molecular weight excluding hydrogens is 515 g/mol. The smallest absolute Gasteiger partial charge is 0.418 e. The summed E-state index contributed by atoms with van der Waals surface area (Å²) in [4.78, 5) is 11.1. The van der Waals surface area contributed by atoms with Gasteiger partial charge in [0.15, 0.2) is 0 Å². The second kappa shape index (κ2) is 10.6. The molecule has 212 valence electrons. The lowest BCUT2D eigenvalue weighted by molar-refractivity contribution is -0.137. The molecule has 2 aromatic heterocycles. The van der Waals surface area contributed by atoms with Crippen molar-refractivity contribution in [2.75, 3.05) is 52.2 Å². The highest BCUT2D eigenvalue weighted by atomic mass is 19.4. The lowest BCUT2D eigenvalue weighted by atomic mass is 9.99. The van der Waals surface area contributed by atoms with Crippen molar-refractivity contribution in [2.45, 2.75) is 44.0 Å². The zero-order valence-electron chi connectivity index (χ0n) is 23.3. The maximum absolute atomic E-state index is 14.3. The molecule has 0 atom stereocenters. The SMILES string of the molecule is CN1CCC(Oc2cccc3nc4ccc(-c5ccc(N6CCC(N(C)C)CC6)c(C(F)(F)F)c5)cn4c23)CC1. The van der Waals surface area contributed by atoms with Crippen molar-refractivity contribution < 1.29 is 17.9 Å². The number of benzene rings is 2. The fraction of sp³-hybridized carbons (Fsp3) is 0.452. The summed E-state index contributed by atoms with van der Waals surface area (Å²) in [5, 5.41) is 0. The van der Waals surface area contributed by atoms with Crippen LogP contribution < -0.4 is 9.64 Å². The first kappa shape index (κ1) is 26.9. The van der Waals surface area contributed by atoms with E-state index in [1.54, 1.807) is 12.1 Å². The van der Waals surface area contributed by atoms with Gasteiger partial charge in [0.1, 0.15) is 23.0 Å². The van der Waals surface area contributed by atoms with E-state index < -0.39 is 11.7 Å². The van der Waals surface area contributed by atoms with Gasteiger partial charge in [-0.25, -0.2) is 4.98 Å². The molecular formula is C31H36F3N5O. The molecule has 0 aliphatic carbocycles.